The maximum Gasteiger partial charge on any atom is 0.109 e. The second kappa shape index (κ2) is 4.54. The largest absolute Gasteiger partial charge is 0.342 e. The molecule has 1 aromatic heterocycles. The Bertz CT molecular complexity index is 706. The summed E-state index contributed by atoms with van der Waals surface area (Å²) in [5.41, 5.74) is 5.91. The van der Waals surface area contributed by atoms with E-state index < -0.39 is 0 Å². The number of hydrogen-bond acceptors (Lipinski definition) is 1. The molecule has 0 bridgehead atoms. The van der Waals surface area contributed by atoms with Crippen LogP contribution < -0.4 is 0 Å². The van der Waals surface area contributed by atoms with E-state index in [1.54, 1.807) is 0 Å². The van der Waals surface area contributed by atoms with Gasteiger partial charge >= 0.3 is 0 Å². The molecule has 0 saturated heterocycles. The highest BCUT2D eigenvalue weighted by Gasteiger charge is 2.07. The van der Waals surface area contributed by atoms with E-state index in [2.05, 4.69) is 73.2 Å². The number of nitrogens with zero attached hydrogens (tertiary/aromatic N) is 1. The highest BCUT2D eigenvalue weighted by molar-refractivity contribution is 5.82. The van der Waals surface area contributed by atoms with Crippen molar-refractivity contribution in [1.82, 2.24) is 9.97 Å². The molecule has 0 fully saturated rings. The fraction of sp³-hybridized carbons (Fsp3) is 0.235. The summed E-state index contributed by atoms with van der Waals surface area (Å²) in [7, 11) is 0. The second-order valence-corrected chi connectivity index (χ2v) is 5.37. The van der Waals surface area contributed by atoms with Crippen molar-refractivity contribution in [2.75, 3.05) is 0 Å². The van der Waals surface area contributed by atoms with Gasteiger partial charge in [0.25, 0.3) is 0 Å². The van der Waals surface area contributed by atoms with Gasteiger partial charge < -0.3 is 4.98 Å². The van der Waals surface area contributed by atoms with Crippen LogP contribution >= 0.6 is 0 Å². The van der Waals surface area contributed by atoms with Crippen LogP contribution in [0.15, 0.2) is 42.5 Å². The molecule has 2 nitrogen and oxygen atoms in total. The molecule has 0 unspecified atom stereocenters. The second-order valence-electron chi connectivity index (χ2n) is 5.37. The van der Waals surface area contributed by atoms with Crippen LogP contribution in [-0.4, -0.2) is 9.97 Å². The van der Waals surface area contributed by atoms with Gasteiger partial charge in [-0.2, -0.15) is 0 Å². The fourth-order valence-electron chi connectivity index (χ4n) is 2.23. The van der Waals surface area contributed by atoms with Gasteiger partial charge in [-0.1, -0.05) is 49.7 Å². The van der Waals surface area contributed by atoms with Crippen LogP contribution in [0.5, 0.6) is 0 Å². The minimum Gasteiger partial charge on any atom is -0.342 e. The summed E-state index contributed by atoms with van der Waals surface area (Å²) in [5, 5.41) is 0. The summed E-state index contributed by atoms with van der Waals surface area (Å²) >= 11 is 0. The van der Waals surface area contributed by atoms with Crippen LogP contribution in [0.3, 0.4) is 0 Å². The summed E-state index contributed by atoms with van der Waals surface area (Å²) in [6, 6.07) is 15.0. The van der Waals surface area contributed by atoms with Crippen LogP contribution in [0.4, 0.5) is 0 Å². The predicted octanol–water partition coefficient (Wildman–Crippen LogP) is 4.66. The lowest BCUT2D eigenvalue weighted by molar-refractivity contribution is 0.799. The van der Waals surface area contributed by atoms with Crippen molar-refractivity contribution in [3.63, 3.8) is 0 Å². The van der Waals surface area contributed by atoms with Crippen molar-refractivity contribution in [1.29, 1.82) is 0 Å². The molecule has 19 heavy (non-hydrogen) atoms. The van der Waals surface area contributed by atoms with E-state index in [9.17, 15) is 0 Å². The molecular weight excluding hydrogens is 232 g/mol. The van der Waals surface area contributed by atoms with Crippen molar-refractivity contribution < 1.29 is 0 Å². The number of rotatable bonds is 2. The third-order valence-electron chi connectivity index (χ3n) is 3.43. The molecular formula is C17H18N2. The van der Waals surface area contributed by atoms with Gasteiger partial charge in [-0.25, -0.2) is 4.98 Å². The Morgan fingerprint density at radius 1 is 0.947 bits per heavy atom. The summed E-state index contributed by atoms with van der Waals surface area (Å²) in [5.74, 6) is 1.48. The molecule has 0 saturated carbocycles. The van der Waals surface area contributed by atoms with E-state index >= 15 is 0 Å². The zero-order valence-electron chi connectivity index (χ0n) is 11.6. The first-order valence-corrected chi connectivity index (χ1v) is 6.70. The molecule has 2 aromatic carbocycles. The van der Waals surface area contributed by atoms with Gasteiger partial charge in [-0.3, -0.25) is 0 Å². The average molecular weight is 250 g/mol. The Kier molecular flexibility index (Phi) is 2.86. The van der Waals surface area contributed by atoms with E-state index in [-0.39, 0.29) is 0 Å². The average Bonchev–Trinajstić information content (AvgIpc) is 2.82. The quantitative estimate of drug-likeness (QED) is 0.704. The van der Waals surface area contributed by atoms with Crippen molar-refractivity contribution in [2.24, 2.45) is 0 Å². The first-order valence-electron chi connectivity index (χ1n) is 6.70. The highest BCUT2D eigenvalue weighted by atomic mass is 14.9. The number of fused-ring (bicyclic) bond motifs is 1. The SMILES string of the molecule is Cc1ccc(-c2ccc3nc(C(C)C)[nH]c3c2)cc1. The van der Waals surface area contributed by atoms with Gasteiger partial charge in [-0.05, 0) is 30.2 Å². The molecule has 0 radical (unpaired) electrons. The first kappa shape index (κ1) is 12.0. The maximum absolute atomic E-state index is 4.61. The van der Waals surface area contributed by atoms with Gasteiger partial charge in [0.1, 0.15) is 5.82 Å². The monoisotopic (exact) mass is 250 g/mol. The number of imidazole rings is 1. The van der Waals surface area contributed by atoms with E-state index in [1.807, 2.05) is 0 Å². The zero-order chi connectivity index (χ0) is 13.4. The van der Waals surface area contributed by atoms with Crippen molar-refractivity contribution >= 4 is 11.0 Å². The summed E-state index contributed by atoms with van der Waals surface area (Å²) in [6.07, 6.45) is 0. The molecule has 2 heteroatoms. The number of aromatic amines is 1. The Hall–Kier alpha value is -2.09. The first-order chi connectivity index (χ1) is 9.13. The normalized spacial score (nSPS) is 11.4. The third kappa shape index (κ3) is 2.26. The van der Waals surface area contributed by atoms with Crippen molar-refractivity contribution in [3.05, 3.63) is 53.9 Å². The smallest absolute Gasteiger partial charge is 0.109 e. The van der Waals surface area contributed by atoms with Gasteiger partial charge in [-0.15, -0.1) is 0 Å². The number of benzene rings is 2. The van der Waals surface area contributed by atoms with Crippen molar-refractivity contribution in [2.45, 2.75) is 26.7 Å². The molecule has 3 aromatic rings. The van der Waals surface area contributed by atoms with Gasteiger partial charge in [0.2, 0.25) is 0 Å². The van der Waals surface area contributed by atoms with Crippen molar-refractivity contribution in [3.8, 4) is 11.1 Å². The lowest BCUT2D eigenvalue weighted by atomic mass is 10.0. The minimum atomic E-state index is 0.426. The number of aromatic nitrogens is 2. The fourth-order valence-corrected chi connectivity index (χ4v) is 2.23. The van der Waals surface area contributed by atoms with E-state index in [1.165, 1.54) is 16.7 Å². The molecule has 0 aliphatic rings. The number of nitrogens with one attached hydrogen (secondary N) is 1. The van der Waals surface area contributed by atoms with E-state index in [4.69, 9.17) is 0 Å². The number of H-pyrrole nitrogens is 1. The number of hydrogen-bond donors (Lipinski definition) is 1. The molecule has 0 aliphatic carbocycles. The Morgan fingerprint density at radius 3 is 2.32 bits per heavy atom. The topological polar surface area (TPSA) is 28.7 Å². The van der Waals surface area contributed by atoms with E-state index in [0.717, 1.165) is 16.9 Å². The molecule has 0 atom stereocenters. The Balaban J connectivity index is 2.08. The predicted molar refractivity (Wildman–Crippen MR) is 80.4 cm³/mol. The van der Waals surface area contributed by atoms with Crippen LogP contribution in [0.1, 0.15) is 31.2 Å². The lowest BCUT2D eigenvalue weighted by Crippen LogP contribution is -1.88. The molecule has 1 N–H and O–H groups in total. The van der Waals surface area contributed by atoms with Gasteiger partial charge in [0, 0.05) is 5.92 Å². The molecule has 0 aliphatic heterocycles. The van der Waals surface area contributed by atoms with Gasteiger partial charge in [0.15, 0.2) is 0 Å². The van der Waals surface area contributed by atoms with Gasteiger partial charge in [0.05, 0.1) is 11.0 Å². The van der Waals surface area contributed by atoms with E-state index in [0.29, 0.717) is 5.92 Å². The zero-order valence-corrected chi connectivity index (χ0v) is 11.6. The molecule has 96 valence electrons. The maximum atomic E-state index is 4.61. The van der Waals surface area contributed by atoms with Crippen LogP contribution in [0.2, 0.25) is 0 Å². The summed E-state index contributed by atoms with van der Waals surface area (Å²) in [6.45, 7) is 6.41. The Labute approximate surface area is 113 Å². The number of aryl methyl sites for hydroxylation is 1. The van der Waals surface area contributed by atoms with Crippen LogP contribution in [0.25, 0.3) is 22.2 Å². The molecule has 3 rings (SSSR count). The molecule has 0 amide bonds. The minimum absolute atomic E-state index is 0.426. The summed E-state index contributed by atoms with van der Waals surface area (Å²) < 4.78 is 0. The Morgan fingerprint density at radius 2 is 1.63 bits per heavy atom. The molecule has 1 heterocycles. The summed E-state index contributed by atoms with van der Waals surface area (Å²) in [4.78, 5) is 8.01. The molecule has 0 spiro atoms. The standard InChI is InChI=1S/C17H18N2/c1-11(2)17-18-15-9-8-14(10-16(15)19-17)13-6-4-12(3)5-7-13/h4-11H,1-3H3,(H,18,19). The van der Waals surface area contributed by atoms with Crippen LogP contribution in [-0.2, 0) is 0 Å². The highest BCUT2D eigenvalue weighted by Crippen LogP contribution is 2.25. The lowest BCUT2D eigenvalue weighted by Gasteiger charge is -2.02. The van der Waals surface area contributed by atoms with Crippen LogP contribution in [0, 0.1) is 6.92 Å². The third-order valence-corrected chi connectivity index (χ3v) is 3.43.